The van der Waals surface area contributed by atoms with Crippen molar-refractivity contribution in [1.29, 1.82) is 0 Å². The van der Waals surface area contributed by atoms with Crippen LogP contribution in [0.1, 0.15) is 47.4 Å². The maximum absolute atomic E-state index is 12.5. The van der Waals surface area contributed by atoms with E-state index >= 15 is 0 Å². The number of aromatic hydroxyl groups is 3. The minimum absolute atomic E-state index is 0.0674. The van der Waals surface area contributed by atoms with Crippen LogP contribution in [0, 0.1) is 0 Å². The maximum atomic E-state index is 12.5. The number of carbonyl (C=O) groups excluding carboxylic acids is 1. The van der Waals surface area contributed by atoms with Gasteiger partial charge in [0.1, 0.15) is 34.7 Å². The molecule has 3 rings (SSSR count). The van der Waals surface area contributed by atoms with Crippen LogP contribution in [0.4, 0.5) is 0 Å². The van der Waals surface area contributed by atoms with Crippen LogP contribution in [0.15, 0.2) is 30.3 Å². The van der Waals surface area contributed by atoms with Crippen LogP contribution in [0.5, 0.6) is 23.0 Å². The van der Waals surface area contributed by atoms with Crippen molar-refractivity contribution >= 4 is 5.78 Å². The highest BCUT2D eigenvalue weighted by Gasteiger charge is 2.33. The summed E-state index contributed by atoms with van der Waals surface area (Å²) in [5.41, 5.74) is 1.44. The van der Waals surface area contributed by atoms with Gasteiger partial charge in [0.15, 0.2) is 5.78 Å². The summed E-state index contributed by atoms with van der Waals surface area (Å²) in [5.74, 6) is -0.148. The molecule has 0 aliphatic carbocycles. The van der Waals surface area contributed by atoms with E-state index in [4.69, 9.17) is 4.74 Å². The van der Waals surface area contributed by atoms with E-state index in [9.17, 15) is 20.1 Å². The molecule has 1 atom stereocenters. The molecule has 5 heteroatoms. The van der Waals surface area contributed by atoms with Gasteiger partial charge in [0.2, 0.25) is 0 Å². The second-order valence-corrected chi connectivity index (χ2v) is 5.67. The maximum Gasteiger partial charge on any atom is 0.174 e. The van der Waals surface area contributed by atoms with Crippen LogP contribution >= 0.6 is 0 Å². The number of ether oxygens (including phenoxy) is 1. The fourth-order valence-electron chi connectivity index (χ4n) is 2.89. The summed E-state index contributed by atoms with van der Waals surface area (Å²) in [5, 5.41) is 29.5. The van der Waals surface area contributed by atoms with Gasteiger partial charge in [-0.3, -0.25) is 4.79 Å². The Morgan fingerprint density at radius 1 is 1.13 bits per heavy atom. The fraction of sp³-hybridized carbons (Fsp3) is 0.278. The summed E-state index contributed by atoms with van der Waals surface area (Å²) in [4.78, 5) is 12.5. The van der Waals surface area contributed by atoms with Crippen molar-refractivity contribution in [3.8, 4) is 23.0 Å². The topological polar surface area (TPSA) is 87.0 Å². The zero-order chi connectivity index (χ0) is 16.6. The lowest BCUT2D eigenvalue weighted by Gasteiger charge is -2.28. The number of benzene rings is 2. The van der Waals surface area contributed by atoms with E-state index < -0.39 is 6.10 Å². The van der Waals surface area contributed by atoms with Crippen molar-refractivity contribution in [2.24, 2.45) is 0 Å². The van der Waals surface area contributed by atoms with Crippen molar-refractivity contribution in [3.63, 3.8) is 0 Å². The molecule has 0 radical (unpaired) electrons. The van der Waals surface area contributed by atoms with Crippen LogP contribution in [0.3, 0.4) is 0 Å². The van der Waals surface area contributed by atoms with Crippen LogP contribution in [-0.2, 0) is 6.42 Å². The van der Waals surface area contributed by atoms with E-state index in [0.717, 1.165) is 12.0 Å². The van der Waals surface area contributed by atoms with Gasteiger partial charge >= 0.3 is 0 Å². The quantitative estimate of drug-likeness (QED) is 0.807. The summed E-state index contributed by atoms with van der Waals surface area (Å²) < 4.78 is 5.95. The Balaban J connectivity index is 2.07. The molecule has 0 saturated carbocycles. The molecule has 5 nitrogen and oxygen atoms in total. The lowest BCUT2D eigenvalue weighted by atomic mass is 9.92. The summed E-state index contributed by atoms with van der Waals surface area (Å²) in [6, 6.07) is 7.66. The number of fused-ring (bicyclic) bond motifs is 1. The van der Waals surface area contributed by atoms with Crippen molar-refractivity contribution in [2.45, 2.75) is 32.3 Å². The van der Waals surface area contributed by atoms with Crippen molar-refractivity contribution in [1.82, 2.24) is 0 Å². The molecule has 0 spiro atoms. The van der Waals surface area contributed by atoms with E-state index in [2.05, 4.69) is 0 Å². The van der Waals surface area contributed by atoms with Gasteiger partial charge in [0.25, 0.3) is 0 Å². The third-order valence-corrected chi connectivity index (χ3v) is 4.01. The first-order valence-electron chi connectivity index (χ1n) is 7.57. The molecule has 0 aromatic heterocycles. The van der Waals surface area contributed by atoms with Crippen LogP contribution in [-0.4, -0.2) is 21.1 Å². The van der Waals surface area contributed by atoms with E-state index in [-0.39, 0.29) is 40.8 Å². The Kier molecular flexibility index (Phi) is 3.86. The Labute approximate surface area is 133 Å². The second kappa shape index (κ2) is 5.83. The predicted molar refractivity (Wildman–Crippen MR) is 84.2 cm³/mol. The summed E-state index contributed by atoms with van der Waals surface area (Å²) >= 11 is 0. The molecule has 0 bridgehead atoms. The lowest BCUT2D eigenvalue weighted by molar-refractivity contribution is 0.0842. The van der Waals surface area contributed by atoms with Gasteiger partial charge < -0.3 is 20.1 Å². The minimum Gasteiger partial charge on any atom is -0.508 e. The van der Waals surface area contributed by atoms with Gasteiger partial charge in [0.05, 0.1) is 6.42 Å². The summed E-state index contributed by atoms with van der Waals surface area (Å²) in [7, 11) is 0. The first-order chi connectivity index (χ1) is 11.0. The van der Waals surface area contributed by atoms with Gasteiger partial charge in [-0.05, 0) is 24.1 Å². The average molecular weight is 314 g/mol. The Morgan fingerprint density at radius 3 is 2.48 bits per heavy atom. The Hall–Kier alpha value is -2.69. The molecule has 0 unspecified atom stereocenters. The number of phenolic OH excluding ortho intramolecular Hbond substituents is 3. The third-order valence-electron chi connectivity index (χ3n) is 4.01. The highest BCUT2D eigenvalue weighted by atomic mass is 16.5. The standard InChI is InChI=1S/C18H18O5/c1-2-3-12-13(20)8-14(21)17-15(22)9-16(23-18(12)17)10-4-6-11(19)7-5-10/h4-8,16,19-21H,2-3,9H2,1H3/t16-/m0/s1. The molecule has 2 aromatic carbocycles. The molecule has 0 saturated heterocycles. The van der Waals surface area contributed by atoms with Crippen molar-refractivity contribution in [3.05, 3.63) is 47.0 Å². The highest BCUT2D eigenvalue weighted by molar-refractivity contribution is 6.03. The number of carbonyl (C=O) groups is 1. The predicted octanol–water partition coefficient (Wildman–Crippen LogP) is 3.46. The largest absolute Gasteiger partial charge is 0.508 e. The molecule has 23 heavy (non-hydrogen) atoms. The first-order valence-corrected chi connectivity index (χ1v) is 7.57. The number of Topliss-reactive ketones (excluding diaryl/α,β-unsaturated/α-hetero) is 1. The van der Waals surface area contributed by atoms with E-state index in [1.165, 1.54) is 18.2 Å². The number of hydrogen-bond acceptors (Lipinski definition) is 5. The number of rotatable bonds is 3. The number of hydrogen-bond donors (Lipinski definition) is 3. The zero-order valence-electron chi connectivity index (χ0n) is 12.7. The van der Waals surface area contributed by atoms with Gasteiger partial charge in [-0.1, -0.05) is 25.5 Å². The van der Waals surface area contributed by atoms with Crippen LogP contribution < -0.4 is 4.74 Å². The summed E-state index contributed by atoms with van der Waals surface area (Å²) in [6.45, 7) is 1.96. The minimum atomic E-state index is -0.507. The molecule has 1 heterocycles. The molecule has 3 N–H and O–H groups in total. The number of ketones is 1. The molecular weight excluding hydrogens is 296 g/mol. The van der Waals surface area contributed by atoms with E-state index in [1.54, 1.807) is 12.1 Å². The molecule has 120 valence electrons. The monoisotopic (exact) mass is 314 g/mol. The Bertz CT molecular complexity index is 749. The average Bonchev–Trinajstić information content (AvgIpc) is 2.51. The van der Waals surface area contributed by atoms with Crippen molar-refractivity contribution < 1.29 is 24.9 Å². The van der Waals surface area contributed by atoms with Crippen LogP contribution in [0.25, 0.3) is 0 Å². The lowest BCUT2D eigenvalue weighted by Crippen LogP contribution is -2.21. The molecule has 0 fully saturated rings. The van der Waals surface area contributed by atoms with Gasteiger partial charge in [-0.2, -0.15) is 0 Å². The normalized spacial score (nSPS) is 16.7. The van der Waals surface area contributed by atoms with E-state index in [1.807, 2.05) is 6.92 Å². The third kappa shape index (κ3) is 2.70. The SMILES string of the molecule is CCCc1c(O)cc(O)c2c1O[C@H](c1ccc(O)cc1)CC2=O. The first kappa shape index (κ1) is 15.2. The Morgan fingerprint density at radius 2 is 1.83 bits per heavy atom. The molecule has 1 aliphatic heterocycles. The molecular formula is C18H18O5. The highest BCUT2D eigenvalue weighted by Crippen LogP contribution is 2.45. The van der Waals surface area contributed by atoms with Gasteiger partial charge in [-0.25, -0.2) is 0 Å². The van der Waals surface area contributed by atoms with Crippen molar-refractivity contribution in [2.75, 3.05) is 0 Å². The smallest absolute Gasteiger partial charge is 0.174 e. The zero-order valence-corrected chi connectivity index (χ0v) is 12.7. The van der Waals surface area contributed by atoms with Gasteiger partial charge in [0, 0.05) is 11.6 Å². The van der Waals surface area contributed by atoms with Gasteiger partial charge in [-0.15, -0.1) is 0 Å². The van der Waals surface area contributed by atoms with E-state index in [0.29, 0.717) is 12.0 Å². The van der Waals surface area contributed by atoms with Crippen LogP contribution in [0.2, 0.25) is 0 Å². The fourth-order valence-corrected chi connectivity index (χ4v) is 2.89. The second-order valence-electron chi connectivity index (χ2n) is 5.67. The molecule has 1 aliphatic rings. The number of phenols is 3. The molecule has 2 aromatic rings. The molecule has 0 amide bonds. The summed E-state index contributed by atoms with van der Waals surface area (Å²) in [6.07, 6.45) is 0.908.